The summed E-state index contributed by atoms with van der Waals surface area (Å²) in [6.45, 7) is 0.472. The van der Waals surface area contributed by atoms with Gasteiger partial charge in [0.2, 0.25) is 5.91 Å². The Kier molecular flexibility index (Phi) is 9.81. The van der Waals surface area contributed by atoms with Gasteiger partial charge in [-0.2, -0.15) is 13.2 Å². The van der Waals surface area contributed by atoms with E-state index in [1.807, 2.05) is 0 Å². The molecule has 1 saturated carbocycles. The van der Waals surface area contributed by atoms with E-state index >= 15 is 0 Å². The molecule has 0 aromatic heterocycles. The number of likely N-dealkylation sites (tertiary alicyclic amines) is 1. The highest BCUT2D eigenvalue weighted by Crippen LogP contribution is 2.27. The average molecular weight is 380 g/mol. The molecule has 1 aliphatic heterocycles. The minimum Gasteiger partial charge on any atom is -0.356 e. The molecule has 2 aliphatic rings. The number of nitrogens with one attached hydrogen (secondary N) is 1. The number of carbonyl (C=O) groups is 1. The summed E-state index contributed by atoms with van der Waals surface area (Å²) in [6, 6.07) is 0.115. The molecule has 3 N–H and O–H groups in total. The molecule has 1 aliphatic carbocycles. The molecule has 0 radical (unpaired) electrons. The van der Waals surface area contributed by atoms with E-state index in [-0.39, 0.29) is 48.6 Å². The van der Waals surface area contributed by atoms with Crippen LogP contribution in [-0.2, 0) is 4.79 Å². The van der Waals surface area contributed by atoms with E-state index < -0.39 is 12.7 Å². The predicted molar refractivity (Wildman–Crippen MR) is 88.0 cm³/mol. The minimum absolute atomic E-state index is 0. The number of nitrogens with zero attached hydrogens (tertiary/aromatic N) is 1. The second kappa shape index (κ2) is 9.91. The molecule has 1 saturated heterocycles. The van der Waals surface area contributed by atoms with Crippen LogP contribution < -0.4 is 11.1 Å². The quantitative estimate of drug-likeness (QED) is 0.770. The number of nitrogens with two attached hydrogens (primary N) is 1. The van der Waals surface area contributed by atoms with Crippen LogP contribution in [0.5, 0.6) is 0 Å². The lowest BCUT2D eigenvalue weighted by atomic mass is 9.99. The van der Waals surface area contributed by atoms with Crippen molar-refractivity contribution in [3.05, 3.63) is 0 Å². The summed E-state index contributed by atoms with van der Waals surface area (Å²) in [7, 11) is 0. The topological polar surface area (TPSA) is 58.4 Å². The van der Waals surface area contributed by atoms with Crippen molar-refractivity contribution in [2.45, 2.75) is 44.3 Å². The van der Waals surface area contributed by atoms with Gasteiger partial charge >= 0.3 is 6.18 Å². The van der Waals surface area contributed by atoms with E-state index in [1.165, 1.54) is 4.90 Å². The Balaban J connectivity index is 0.00000242. The molecule has 2 fully saturated rings. The van der Waals surface area contributed by atoms with Crippen molar-refractivity contribution in [3.63, 3.8) is 0 Å². The Morgan fingerprint density at radius 3 is 2.48 bits per heavy atom. The van der Waals surface area contributed by atoms with Crippen molar-refractivity contribution in [3.8, 4) is 0 Å². The van der Waals surface area contributed by atoms with Crippen molar-refractivity contribution in [1.82, 2.24) is 10.2 Å². The highest BCUT2D eigenvalue weighted by atomic mass is 35.5. The molecular formula is C14H26Cl2F3N3O. The highest BCUT2D eigenvalue weighted by Gasteiger charge is 2.34. The Bertz CT molecular complexity index is 372. The van der Waals surface area contributed by atoms with E-state index in [4.69, 9.17) is 5.73 Å². The zero-order chi connectivity index (χ0) is 15.5. The molecule has 3 atom stereocenters. The largest absolute Gasteiger partial charge is 0.401 e. The van der Waals surface area contributed by atoms with Crippen LogP contribution in [0.3, 0.4) is 0 Å². The smallest absolute Gasteiger partial charge is 0.356 e. The Hall–Kier alpha value is -0.240. The number of amides is 1. The SMILES string of the molecule is Cl.Cl.N[C@@H]1CCC[C@H]1CC(=O)NCC1CCN(CC(F)(F)F)C1. The molecule has 0 aromatic rings. The van der Waals surface area contributed by atoms with Gasteiger partial charge < -0.3 is 11.1 Å². The van der Waals surface area contributed by atoms with E-state index in [0.717, 1.165) is 19.3 Å². The van der Waals surface area contributed by atoms with Crippen LogP contribution in [0.4, 0.5) is 13.2 Å². The molecule has 4 nitrogen and oxygen atoms in total. The summed E-state index contributed by atoms with van der Waals surface area (Å²) in [5.41, 5.74) is 5.93. The summed E-state index contributed by atoms with van der Waals surface area (Å²) in [6.07, 6.45) is 0.0642. The number of alkyl halides is 3. The van der Waals surface area contributed by atoms with Crippen molar-refractivity contribution in [1.29, 1.82) is 0 Å². The average Bonchev–Trinajstić information content (AvgIpc) is 2.95. The fourth-order valence-electron chi connectivity index (χ4n) is 3.36. The van der Waals surface area contributed by atoms with E-state index in [0.29, 0.717) is 32.5 Å². The maximum Gasteiger partial charge on any atom is 0.401 e. The molecule has 1 unspecified atom stereocenters. The van der Waals surface area contributed by atoms with Crippen LogP contribution in [0.25, 0.3) is 0 Å². The fraction of sp³-hybridized carbons (Fsp3) is 0.929. The van der Waals surface area contributed by atoms with Crippen LogP contribution in [0, 0.1) is 11.8 Å². The van der Waals surface area contributed by atoms with Crippen LogP contribution in [0.1, 0.15) is 32.1 Å². The van der Waals surface area contributed by atoms with E-state index in [1.54, 1.807) is 0 Å². The zero-order valence-corrected chi connectivity index (χ0v) is 14.6. The first-order valence-corrected chi connectivity index (χ1v) is 7.65. The van der Waals surface area contributed by atoms with Gasteiger partial charge in [-0.15, -0.1) is 24.8 Å². The third-order valence-corrected chi connectivity index (χ3v) is 4.53. The van der Waals surface area contributed by atoms with Gasteiger partial charge in [0, 0.05) is 25.6 Å². The molecule has 1 heterocycles. The summed E-state index contributed by atoms with van der Waals surface area (Å²) < 4.78 is 36.9. The van der Waals surface area contributed by atoms with Crippen LogP contribution >= 0.6 is 24.8 Å². The third kappa shape index (κ3) is 7.92. The van der Waals surface area contributed by atoms with Gasteiger partial charge in [-0.05, 0) is 37.6 Å². The molecule has 2 rings (SSSR count). The van der Waals surface area contributed by atoms with E-state index in [9.17, 15) is 18.0 Å². The fourth-order valence-corrected chi connectivity index (χ4v) is 3.36. The summed E-state index contributed by atoms with van der Waals surface area (Å²) in [4.78, 5) is 13.3. The number of carbonyl (C=O) groups excluding carboxylic acids is 1. The number of rotatable bonds is 5. The highest BCUT2D eigenvalue weighted by molar-refractivity contribution is 5.85. The third-order valence-electron chi connectivity index (χ3n) is 4.53. The maximum absolute atomic E-state index is 12.3. The van der Waals surface area contributed by atoms with Crippen molar-refractivity contribution < 1.29 is 18.0 Å². The summed E-state index contributed by atoms with van der Waals surface area (Å²) in [5, 5.41) is 2.85. The summed E-state index contributed by atoms with van der Waals surface area (Å²) in [5.74, 6) is 0.357. The molecule has 0 spiro atoms. The maximum atomic E-state index is 12.3. The molecule has 23 heavy (non-hydrogen) atoms. The number of hydrogen-bond donors (Lipinski definition) is 2. The van der Waals surface area contributed by atoms with Crippen LogP contribution in [-0.4, -0.2) is 49.2 Å². The molecule has 9 heteroatoms. The minimum atomic E-state index is -4.14. The first-order valence-electron chi connectivity index (χ1n) is 7.65. The molecule has 1 amide bonds. The molecule has 138 valence electrons. The first kappa shape index (κ1) is 22.8. The van der Waals surface area contributed by atoms with Gasteiger partial charge in [0.05, 0.1) is 6.54 Å². The monoisotopic (exact) mass is 379 g/mol. The Morgan fingerprint density at radius 1 is 1.22 bits per heavy atom. The molecular weight excluding hydrogens is 354 g/mol. The van der Waals surface area contributed by atoms with Gasteiger partial charge in [0.1, 0.15) is 0 Å². The normalized spacial score (nSPS) is 28.1. The number of halogens is 5. The van der Waals surface area contributed by atoms with Gasteiger partial charge in [-0.25, -0.2) is 0 Å². The standard InChI is InChI=1S/C14H24F3N3O.2ClH/c15-14(16,17)9-20-5-4-10(8-20)7-19-13(21)6-11-2-1-3-12(11)18;;/h10-12H,1-9,18H2,(H,19,21);2*1H/t10?,11-,12+;;/m0../s1. The lowest BCUT2D eigenvalue weighted by Crippen LogP contribution is -2.36. The zero-order valence-electron chi connectivity index (χ0n) is 13.0. The van der Waals surface area contributed by atoms with Gasteiger partial charge in [-0.1, -0.05) is 6.42 Å². The summed E-state index contributed by atoms with van der Waals surface area (Å²) >= 11 is 0. The van der Waals surface area contributed by atoms with Gasteiger partial charge in [0.25, 0.3) is 0 Å². The first-order chi connectivity index (χ1) is 9.83. The van der Waals surface area contributed by atoms with Crippen molar-refractivity contribution >= 4 is 30.7 Å². The van der Waals surface area contributed by atoms with Crippen molar-refractivity contribution in [2.75, 3.05) is 26.2 Å². The lowest BCUT2D eigenvalue weighted by molar-refractivity contribution is -0.143. The second-order valence-corrected chi connectivity index (χ2v) is 6.37. The van der Waals surface area contributed by atoms with Gasteiger partial charge in [0.15, 0.2) is 0 Å². The van der Waals surface area contributed by atoms with Gasteiger partial charge in [-0.3, -0.25) is 9.69 Å². The number of hydrogen-bond acceptors (Lipinski definition) is 3. The van der Waals surface area contributed by atoms with E-state index in [2.05, 4.69) is 5.32 Å². The van der Waals surface area contributed by atoms with Crippen molar-refractivity contribution in [2.24, 2.45) is 17.6 Å². The van der Waals surface area contributed by atoms with Crippen LogP contribution in [0.2, 0.25) is 0 Å². The molecule has 0 aromatic carbocycles. The predicted octanol–water partition coefficient (Wildman–Crippen LogP) is 2.35. The Morgan fingerprint density at radius 2 is 1.91 bits per heavy atom. The van der Waals surface area contributed by atoms with Crippen LogP contribution in [0.15, 0.2) is 0 Å². The molecule has 0 bridgehead atoms. The second-order valence-electron chi connectivity index (χ2n) is 6.37. The Labute approximate surface area is 147 Å². The lowest BCUT2D eigenvalue weighted by Gasteiger charge is -2.18.